The molecule has 72 valence electrons. The Morgan fingerprint density at radius 1 is 1.31 bits per heavy atom. The van der Waals surface area contributed by atoms with Crippen LogP contribution in [-0.2, 0) is 0 Å². The third kappa shape index (κ3) is 1.86. The number of hydrogen-bond donors (Lipinski definition) is 1. The summed E-state index contributed by atoms with van der Waals surface area (Å²) in [7, 11) is 0. The molecular weight excluding hydrogens is 172 g/mol. The lowest BCUT2D eigenvalue weighted by molar-refractivity contribution is 0.481. The molecule has 0 aromatic heterocycles. The van der Waals surface area contributed by atoms with Crippen LogP contribution in [0.1, 0.15) is 30.5 Å². The summed E-state index contributed by atoms with van der Waals surface area (Å²) in [4.78, 5) is 0. The second-order valence-corrected chi connectivity index (χ2v) is 3.11. The highest BCUT2D eigenvalue weighted by atomic mass is 19.2. The molecule has 13 heavy (non-hydrogen) atoms. The highest BCUT2D eigenvalue weighted by Crippen LogP contribution is 2.21. The Morgan fingerprint density at radius 2 is 1.92 bits per heavy atom. The van der Waals surface area contributed by atoms with Crippen molar-refractivity contribution in [1.82, 2.24) is 0 Å². The zero-order chi connectivity index (χ0) is 10.0. The van der Waals surface area contributed by atoms with Crippen molar-refractivity contribution in [2.75, 3.05) is 0 Å². The van der Waals surface area contributed by atoms with Crippen molar-refractivity contribution in [1.29, 1.82) is 0 Å². The van der Waals surface area contributed by atoms with E-state index in [0.717, 1.165) is 0 Å². The first-order valence-electron chi connectivity index (χ1n) is 4.28. The first kappa shape index (κ1) is 10.1. The zero-order valence-electron chi connectivity index (χ0n) is 7.77. The fourth-order valence-electron chi connectivity index (χ4n) is 1.17. The molecule has 1 nitrogen and oxygen atoms in total. The Balaban J connectivity index is 3.18. The van der Waals surface area contributed by atoms with Crippen molar-refractivity contribution in [2.24, 2.45) is 5.73 Å². The van der Waals surface area contributed by atoms with Gasteiger partial charge in [-0.15, -0.1) is 0 Å². The number of halogens is 2. The molecule has 0 heterocycles. The highest BCUT2D eigenvalue weighted by molar-refractivity contribution is 5.27. The summed E-state index contributed by atoms with van der Waals surface area (Å²) in [6.07, 6.45) is 0.597. The predicted molar refractivity (Wildman–Crippen MR) is 48.3 cm³/mol. The van der Waals surface area contributed by atoms with Crippen molar-refractivity contribution in [3.05, 3.63) is 34.9 Å². The molecule has 0 aliphatic heterocycles. The van der Waals surface area contributed by atoms with Gasteiger partial charge in [0.2, 0.25) is 0 Å². The predicted octanol–water partition coefficient (Wildman–Crippen LogP) is 2.68. The van der Waals surface area contributed by atoms with Gasteiger partial charge in [-0.25, -0.2) is 8.78 Å². The first-order chi connectivity index (χ1) is 6.07. The Bertz CT molecular complexity index is 310. The van der Waals surface area contributed by atoms with E-state index in [9.17, 15) is 8.78 Å². The molecule has 0 unspecified atom stereocenters. The standard InChI is InChI=1S/C10H13F2N/c1-3-8(13)7-5-4-6(2)9(11)10(7)12/h4-5,8H,3,13H2,1-2H3/t8-/m0/s1. The molecule has 1 aromatic rings. The van der Waals surface area contributed by atoms with Crippen molar-refractivity contribution in [3.8, 4) is 0 Å². The largest absolute Gasteiger partial charge is 0.324 e. The van der Waals surface area contributed by atoms with Crippen LogP contribution in [0.5, 0.6) is 0 Å². The van der Waals surface area contributed by atoms with Crippen LogP contribution in [0.2, 0.25) is 0 Å². The number of hydrogen-bond acceptors (Lipinski definition) is 1. The minimum atomic E-state index is -0.811. The lowest BCUT2D eigenvalue weighted by Gasteiger charge is -2.11. The van der Waals surface area contributed by atoms with E-state index in [1.165, 1.54) is 6.92 Å². The van der Waals surface area contributed by atoms with Crippen molar-refractivity contribution in [3.63, 3.8) is 0 Å². The quantitative estimate of drug-likeness (QED) is 0.753. The van der Waals surface area contributed by atoms with Crippen LogP contribution >= 0.6 is 0 Å². The maximum Gasteiger partial charge on any atom is 0.163 e. The van der Waals surface area contributed by atoms with Gasteiger partial charge in [0.15, 0.2) is 11.6 Å². The molecule has 0 aliphatic rings. The number of aryl methyl sites for hydroxylation is 1. The van der Waals surface area contributed by atoms with Crippen LogP contribution in [-0.4, -0.2) is 0 Å². The summed E-state index contributed by atoms with van der Waals surface area (Å²) in [6, 6.07) is 2.67. The highest BCUT2D eigenvalue weighted by Gasteiger charge is 2.14. The summed E-state index contributed by atoms with van der Waals surface area (Å²) in [6.45, 7) is 3.36. The third-order valence-corrected chi connectivity index (χ3v) is 2.14. The Hall–Kier alpha value is -0.960. The molecule has 0 amide bonds. The molecule has 0 radical (unpaired) electrons. The van der Waals surface area contributed by atoms with E-state index in [4.69, 9.17) is 5.73 Å². The average molecular weight is 185 g/mol. The minimum absolute atomic E-state index is 0.255. The topological polar surface area (TPSA) is 26.0 Å². The smallest absolute Gasteiger partial charge is 0.163 e. The molecule has 0 saturated carbocycles. The Kier molecular flexibility index (Phi) is 2.98. The molecule has 1 aromatic carbocycles. The van der Waals surface area contributed by atoms with Crippen LogP contribution in [0.3, 0.4) is 0 Å². The molecule has 2 N–H and O–H groups in total. The molecule has 0 fully saturated rings. The SMILES string of the molecule is CC[C@H](N)c1ccc(C)c(F)c1F. The van der Waals surface area contributed by atoms with Crippen LogP contribution in [0.15, 0.2) is 12.1 Å². The summed E-state index contributed by atoms with van der Waals surface area (Å²) in [5, 5.41) is 0. The normalized spacial score (nSPS) is 13.0. The maximum atomic E-state index is 13.2. The van der Waals surface area contributed by atoms with Gasteiger partial charge in [0.25, 0.3) is 0 Å². The number of rotatable bonds is 2. The molecule has 0 spiro atoms. The molecule has 3 heteroatoms. The van der Waals surface area contributed by atoms with E-state index in [2.05, 4.69) is 0 Å². The second-order valence-electron chi connectivity index (χ2n) is 3.11. The first-order valence-corrected chi connectivity index (χ1v) is 4.28. The number of nitrogens with two attached hydrogens (primary N) is 1. The van der Waals surface area contributed by atoms with Crippen LogP contribution in [0, 0.1) is 18.6 Å². The van der Waals surface area contributed by atoms with E-state index >= 15 is 0 Å². The number of benzene rings is 1. The van der Waals surface area contributed by atoms with Gasteiger partial charge in [-0.3, -0.25) is 0 Å². The lowest BCUT2D eigenvalue weighted by atomic mass is 10.0. The summed E-state index contributed by atoms with van der Waals surface area (Å²) < 4.78 is 26.3. The third-order valence-electron chi connectivity index (χ3n) is 2.14. The van der Waals surface area contributed by atoms with Crippen LogP contribution in [0.25, 0.3) is 0 Å². The van der Waals surface area contributed by atoms with E-state index in [1.807, 2.05) is 6.92 Å². The fraction of sp³-hybridized carbons (Fsp3) is 0.400. The van der Waals surface area contributed by atoms with E-state index in [1.54, 1.807) is 12.1 Å². The van der Waals surface area contributed by atoms with E-state index < -0.39 is 17.7 Å². The minimum Gasteiger partial charge on any atom is -0.324 e. The van der Waals surface area contributed by atoms with E-state index in [-0.39, 0.29) is 5.56 Å². The van der Waals surface area contributed by atoms with Crippen LogP contribution < -0.4 is 5.73 Å². The van der Waals surface area contributed by atoms with Gasteiger partial charge >= 0.3 is 0 Å². The summed E-state index contributed by atoms with van der Waals surface area (Å²) in [5.74, 6) is -1.60. The van der Waals surface area contributed by atoms with Gasteiger partial charge in [0.05, 0.1) is 0 Å². The van der Waals surface area contributed by atoms with Crippen molar-refractivity contribution >= 4 is 0 Å². The van der Waals surface area contributed by atoms with E-state index in [0.29, 0.717) is 12.0 Å². The van der Waals surface area contributed by atoms with Crippen molar-refractivity contribution in [2.45, 2.75) is 26.3 Å². The maximum absolute atomic E-state index is 13.2. The Morgan fingerprint density at radius 3 is 2.46 bits per heavy atom. The second kappa shape index (κ2) is 3.83. The molecule has 0 aliphatic carbocycles. The van der Waals surface area contributed by atoms with Gasteiger partial charge in [-0.2, -0.15) is 0 Å². The molecule has 1 rings (SSSR count). The van der Waals surface area contributed by atoms with Gasteiger partial charge in [0.1, 0.15) is 0 Å². The summed E-state index contributed by atoms with van der Waals surface area (Å²) in [5.41, 5.74) is 6.17. The zero-order valence-corrected chi connectivity index (χ0v) is 7.77. The van der Waals surface area contributed by atoms with Crippen LogP contribution in [0.4, 0.5) is 8.78 Å². The molecular formula is C10H13F2N. The average Bonchev–Trinajstić information content (AvgIpc) is 2.13. The fourth-order valence-corrected chi connectivity index (χ4v) is 1.17. The summed E-state index contributed by atoms with van der Waals surface area (Å²) >= 11 is 0. The molecule has 1 atom stereocenters. The monoisotopic (exact) mass is 185 g/mol. The van der Waals surface area contributed by atoms with Gasteiger partial charge in [0, 0.05) is 11.6 Å². The molecule has 0 saturated heterocycles. The molecule has 0 bridgehead atoms. The van der Waals surface area contributed by atoms with Crippen molar-refractivity contribution < 1.29 is 8.78 Å². The Labute approximate surface area is 76.6 Å². The van der Waals surface area contributed by atoms with Gasteiger partial charge in [-0.05, 0) is 18.9 Å². The lowest BCUT2D eigenvalue weighted by Crippen LogP contribution is -2.12. The van der Waals surface area contributed by atoms with Gasteiger partial charge < -0.3 is 5.73 Å². The van der Waals surface area contributed by atoms with Gasteiger partial charge in [-0.1, -0.05) is 19.1 Å².